The minimum Gasteiger partial charge on any atom is -0.281 e. The third-order valence-electron chi connectivity index (χ3n) is 2.61. The van der Waals surface area contributed by atoms with E-state index >= 15 is 0 Å². The van der Waals surface area contributed by atoms with Crippen molar-refractivity contribution in [2.45, 2.75) is 35.7 Å². The number of nitrogens with zero attached hydrogens (tertiary/aromatic N) is 1. The van der Waals surface area contributed by atoms with Crippen LogP contribution in [0, 0.1) is 0 Å². The van der Waals surface area contributed by atoms with E-state index in [-0.39, 0.29) is 13.1 Å². The van der Waals surface area contributed by atoms with Gasteiger partial charge in [0.15, 0.2) is 0 Å². The van der Waals surface area contributed by atoms with E-state index in [9.17, 15) is 34.8 Å². The van der Waals surface area contributed by atoms with Gasteiger partial charge in [0.2, 0.25) is 0 Å². The summed E-state index contributed by atoms with van der Waals surface area (Å²) in [7, 11) is -6.68. The number of hydrogen-bond donors (Lipinski definition) is 1. The van der Waals surface area contributed by atoms with Crippen LogP contribution >= 0.6 is 11.9 Å². The summed E-state index contributed by atoms with van der Waals surface area (Å²) < 4.78 is 108. The first kappa shape index (κ1) is 17.9. The maximum absolute atomic E-state index is 13.3. The second-order valence-electron chi connectivity index (χ2n) is 4.16. The smallest absolute Gasteiger partial charge is 0.281 e. The lowest BCUT2D eigenvalue weighted by molar-refractivity contribution is -0.243. The molecule has 1 saturated heterocycles. The SMILES string of the molecule is O=S(=O)(O)C(F)(F)C(F)(F)C(F)(F)SN1CCCCC1. The Kier molecular flexibility index (Phi) is 4.94. The van der Waals surface area contributed by atoms with E-state index in [0.29, 0.717) is 19.3 Å². The van der Waals surface area contributed by atoms with Crippen molar-refractivity contribution in [3.05, 3.63) is 0 Å². The first-order valence-corrected chi connectivity index (χ1v) is 7.59. The summed E-state index contributed by atoms with van der Waals surface area (Å²) in [6.45, 7) is -0.0123. The predicted octanol–water partition coefficient (Wildman–Crippen LogP) is 2.83. The number of halogens is 6. The summed E-state index contributed by atoms with van der Waals surface area (Å²) in [6, 6.07) is 0. The highest BCUT2D eigenvalue weighted by molar-refractivity contribution is 7.98. The van der Waals surface area contributed by atoms with Crippen molar-refractivity contribution in [1.29, 1.82) is 0 Å². The number of rotatable bonds is 5. The van der Waals surface area contributed by atoms with Crippen LogP contribution in [0.3, 0.4) is 0 Å². The van der Waals surface area contributed by atoms with Gasteiger partial charge in [-0.05, 0) is 12.8 Å². The Balaban J connectivity index is 2.99. The number of piperidine rings is 1. The van der Waals surface area contributed by atoms with Gasteiger partial charge < -0.3 is 0 Å². The lowest BCUT2D eigenvalue weighted by Crippen LogP contribution is -2.57. The van der Waals surface area contributed by atoms with Crippen molar-refractivity contribution >= 4 is 22.1 Å². The van der Waals surface area contributed by atoms with Crippen LogP contribution in [0.1, 0.15) is 19.3 Å². The zero-order valence-corrected chi connectivity index (χ0v) is 11.5. The van der Waals surface area contributed by atoms with Crippen molar-refractivity contribution in [1.82, 2.24) is 4.31 Å². The van der Waals surface area contributed by atoms with Crippen LogP contribution in [0.15, 0.2) is 0 Å². The van der Waals surface area contributed by atoms with Crippen LogP contribution in [-0.2, 0) is 10.1 Å². The molecular formula is C8H11F6NO3S2. The molecule has 0 aliphatic carbocycles. The molecule has 0 aromatic heterocycles. The molecule has 0 unspecified atom stereocenters. The quantitative estimate of drug-likeness (QED) is 0.471. The van der Waals surface area contributed by atoms with E-state index in [4.69, 9.17) is 4.55 Å². The molecule has 1 rings (SSSR count). The van der Waals surface area contributed by atoms with E-state index in [2.05, 4.69) is 0 Å². The molecule has 0 saturated carbocycles. The maximum Gasteiger partial charge on any atom is 0.438 e. The maximum atomic E-state index is 13.3. The molecule has 0 aromatic rings. The fourth-order valence-corrected chi connectivity index (χ4v) is 3.03. The Hall–Kier alpha value is -0.200. The van der Waals surface area contributed by atoms with E-state index < -0.39 is 38.5 Å². The van der Waals surface area contributed by atoms with Crippen LogP contribution in [-0.4, -0.2) is 46.8 Å². The van der Waals surface area contributed by atoms with Gasteiger partial charge in [-0.1, -0.05) is 6.42 Å². The Morgan fingerprint density at radius 2 is 1.40 bits per heavy atom. The van der Waals surface area contributed by atoms with E-state index in [1.807, 2.05) is 0 Å². The monoisotopic (exact) mass is 347 g/mol. The van der Waals surface area contributed by atoms with Gasteiger partial charge in [-0.25, -0.2) is 4.31 Å². The van der Waals surface area contributed by atoms with Crippen LogP contribution < -0.4 is 0 Å². The zero-order valence-electron chi connectivity index (χ0n) is 9.83. The third kappa shape index (κ3) is 3.17. The van der Waals surface area contributed by atoms with Crippen molar-refractivity contribution < 1.29 is 39.3 Å². The minimum absolute atomic E-state index is 0.00617. The normalized spacial score (nSPS) is 20.1. The molecule has 0 atom stereocenters. The topological polar surface area (TPSA) is 57.6 Å². The molecule has 0 bridgehead atoms. The molecule has 1 N–H and O–H groups in total. The highest BCUT2D eigenvalue weighted by atomic mass is 32.2. The van der Waals surface area contributed by atoms with Gasteiger partial charge in [-0.15, -0.1) is 0 Å². The van der Waals surface area contributed by atoms with Gasteiger partial charge in [0, 0.05) is 25.0 Å². The fourth-order valence-electron chi connectivity index (χ4n) is 1.51. The molecule has 4 nitrogen and oxygen atoms in total. The Labute approximate surface area is 115 Å². The second-order valence-corrected chi connectivity index (χ2v) is 6.84. The zero-order chi connectivity index (χ0) is 15.8. The summed E-state index contributed by atoms with van der Waals surface area (Å²) in [5.74, 6) is -6.25. The summed E-state index contributed by atoms with van der Waals surface area (Å²) in [4.78, 5) is 0. The first-order valence-electron chi connectivity index (χ1n) is 5.37. The van der Waals surface area contributed by atoms with Gasteiger partial charge in [-0.3, -0.25) is 4.55 Å². The molecule has 0 radical (unpaired) electrons. The van der Waals surface area contributed by atoms with Crippen LogP contribution in [0.4, 0.5) is 26.3 Å². The summed E-state index contributed by atoms with van der Waals surface area (Å²) in [6.07, 6.45) is 1.56. The standard InChI is InChI=1S/C8H11F6NO3S2/c9-6(10,8(13,14)20(16,17)18)7(11,12)19-15-4-2-1-3-5-15/h1-5H2,(H,16,17,18). The molecule has 0 aromatic carbocycles. The van der Waals surface area contributed by atoms with Gasteiger partial charge in [0.1, 0.15) is 0 Å². The molecule has 1 aliphatic heterocycles. The number of alkyl halides is 6. The van der Waals surface area contributed by atoms with E-state index in [1.54, 1.807) is 0 Å². The van der Waals surface area contributed by atoms with Crippen LogP contribution in [0.25, 0.3) is 0 Å². The van der Waals surface area contributed by atoms with Crippen molar-refractivity contribution in [3.63, 3.8) is 0 Å². The van der Waals surface area contributed by atoms with Gasteiger partial charge in [0.05, 0.1) is 0 Å². The second kappa shape index (κ2) is 5.54. The lowest BCUT2D eigenvalue weighted by atomic mass is 10.2. The Morgan fingerprint density at radius 3 is 1.80 bits per heavy atom. The first-order chi connectivity index (χ1) is 8.83. The average Bonchev–Trinajstić information content (AvgIpc) is 2.27. The summed E-state index contributed by atoms with van der Waals surface area (Å²) in [5, 5.41) is -11.7. The van der Waals surface area contributed by atoms with E-state index in [1.165, 1.54) is 0 Å². The van der Waals surface area contributed by atoms with Crippen molar-refractivity contribution in [2.75, 3.05) is 13.1 Å². The lowest BCUT2D eigenvalue weighted by Gasteiger charge is -2.34. The highest BCUT2D eigenvalue weighted by Crippen LogP contribution is 2.53. The van der Waals surface area contributed by atoms with E-state index in [0.717, 1.165) is 4.31 Å². The molecule has 1 aliphatic rings. The third-order valence-corrected chi connectivity index (χ3v) is 4.63. The predicted molar refractivity (Wildman–Crippen MR) is 59.4 cm³/mol. The molecule has 12 heteroatoms. The number of hydrogen-bond acceptors (Lipinski definition) is 4. The Morgan fingerprint density at radius 1 is 0.950 bits per heavy atom. The van der Waals surface area contributed by atoms with Gasteiger partial charge in [0.25, 0.3) is 0 Å². The molecule has 120 valence electrons. The molecule has 0 spiro atoms. The molecule has 1 fully saturated rings. The van der Waals surface area contributed by atoms with Gasteiger partial charge >= 0.3 is 26.5 Å². The molecule has 1 heterocycles. The summed E-state index contributed by atoms with van der Waals surface area (Å²) in [5.41, 5.74) is 0. The highest BCUT2D eigenvalue weighted by Gasteiger charge is 2.78. The minimum atomic E-state index is -6.68. The molecular weight excluding hydrogens is 336 g/mol. The largest absolute Gasteiger partial charge is 0.438 e. The Bertz CT molecular complexity index is 449. The van der Waals surface area contributed by atoms with Crippen molar-refractivity contribution in [3.8, 4) is 0 Å². The van der Waals surface area contributed by atoms with Crippen LogP contribution in [0.2, 0.25) is 0 Å². The fraction of sp³-hybridized carbons (Fsp3) is 1.00. The molecule has 20 heavy (non-hydrogen) atoms. The summed E-state index contributed by atoms with van der Waals surface area (Å²) >= 11 is -0.833. The van der Waals surface area contributed by atoms with Crippen molar-refractivity contribution in [2.24, 2.45) is 0 Å². The van der Waals surface area contributed by atoms with Crippen LogP contribution in [0.5, 0.6) is 0 Å². The molecule has 0 amide bonds. The van der Waals surface area contributed by atoms with Gasteiger partial charge in [-0.2, -0.15) is 34.8 Å². The average molecular weight is 347 g/mol.